The molecule has 0 aliphatic carbocycles. The van der Waals surface area contributed by atoms with Gasteiger partial charge in [0.15, 0.2) is 0 Å². The summed E-state index contributed by atoms with van der Waals surface area (Å²) in [5.74, 6) is -0.245. The van der Waals surface area contributed by atoms with Gasteiger partial charge in [0.25, 0.3) is 0 Å². The molecule has 2 aromatic carbocycles. The first-order valence-corrected chi connectivity index (χ1v) is 7.09. The zero-order valence-corrected chi connectivity index (χ0v) is 12.3. The molecule has 0 aliphatic rings. The van der Waals surface area contributed by atoms with Crippen LogP contribution in [-0.4, -0.2) is 9.67 Å². The lowest BCUT2D eigenvalue weighted by molar-refractivity contribution is 0.282. The number of nitrogens with zero attached hydrogens (tertiary/aromatic N) is 1. The van der Waals surface area contributed by atoms with E-state index in [2.05, 4.69) is 20.5 Å². The van der Waals surface area contributed by atoms with Gasteiger partial charge in [0.1, 0.15) is 5.82 Å². The predicted molar refractivity (Wildman–Crippen MR) is 81.1 cm³/mol. The van der Waals surface area contributed by atoms with Gasteiger partial charge in [0, 0.05) is 22.7 Å². The van der Waals surface area contributed by atoms with Crippen molar-refractivity contribution in [3.63, 3.8) is 0 Å². The van der Waals surface area contributed by atoms with Crippen molar-refractivity contribution >= 4 is 26.8 Å². The summed E-state index contributed by atoms with van der Waals surface area (Å²) >= 11 is 3.39. The highest BCUT2D eigenvalue weighted by Gasteiger charge is 2.06. The van der Waals surface area contributed by atoms with E-state index in [0.29, 0.717) is 6.54 Å². The maximum absolute atomic E-state index is 13.1. The van der Waals surface area contributed by atoms with Crippen LogP contribution in [0.1, 0.15) is 11.1 Å². The van der Waals surface area contributed by atoms with Crippen molar-refractivity contribution in [2.24, 2.45) is 0 Å². The Labute approximate surface area is 124 Å². The molecule has 1 N–H and O–H groups in total. The van der Waals surface area contributed by atoms with Crippen LogP contribution in [0.5, 0.6) is 0 Å². The van der Waals surface area contributed by atoms with E-state index in [1.807, 2.05) is 30.5 Å². The lowest BCUT2D eigenvalue weighted by Gasteiger charge is -2.08. The van der Waals surface area contributed by atoms with E-state index >= 15 is 0 Å². The maximum atomic E-state index is 13.1. The molecule has 0 bridgehead atoms. The van der Waals surface area contributed by atoms with E-state index in [0.717, 1.165) is 26.5 Å². The normalized spacial score (nSPS) is 11.2. The largest absolute Gasteiger partial charge is 0.392 e. The number of aromatic nitrogens is 1. The van der Waals surface area contributed by atoms with Crippen molar-refractivity contribution in [1.82, 2.24) is 4.57 Å². The first kappa shape index (κ1) is 13.3. The van der Waals surface area contributed by atoms with Crippen molar-refractivity contribution in [2.45, 2.75) is 13.2 Å². The van der Waals surface area contributed by atoms with Crippen LogP contribution in [0.25, 0.3) is 10.9 Å². The minimum atomic E-state index is -0.245. The average molecular weight is 334 g/mol. The van der Waals surface area contributed by atoms with Crippen molar-refractivity contribution in [1.29, 1.82) is 0 Å². The maximum Gasteiger partial charge on any atom is 0.124 e. The standard InChI is InChI=1S/C16H13BrFNO/c17-15-8-14(18)3-2-13(15)9-19-6-5-12-7-11(10-20)1-4-16(12)19/h1-8,20H,9-10H2. The Morgan fingerprint density at radius 2 is 1.95 bits per heavy atom. The van der Waals surface area contributed by atoms with Crippen LogP contribution in [0.4, 0.5) is 4.39 Å². The number of halogens is 2. The Morgan fingerprint density at radius 1 is 1.10 bits per heavy atom. The number of fused-ring (bicyclic) bond motifs is 1. The number of aliphatic hydroxyl groups is 1. The monoisotopic (exact) mass is 333 g/mol. The molecular weight excluding hydrogens is 321 g/mol. The molecule has 102 valence electrons. The summed E-state index contributed by atoms with van der Waals surface area (Å²) in [6, 6.07) is 12.6. The molecule has 1 heterocycles. The molecular formula is C16H13BrFNO. The lowest BCUT2D eigenvalue weighted by Crippen LogP contribution is -1.99. The third kappa shape index (κ3) is 2.49. The Kier molecular flexibility index (Phi) is 3.59. The molecule has 0 radical (unpaired) electrons. The minimum Gasteiger partial charge on any atom is -0.392 e. The quantitative estimate of drug-likeness (QED) is 0.767. The Morgan fingerprint density at radius 3 is 2.70 bits per heavy atom. The fourth-order valence-corrected chi connectivity index (χ4v) is 2.80. The van der Waals surface area contributed by atoms with Gasteiger partial charge in [-0.15, -0.1) is 0 Å². The SMILES string of the molecule is OCc1ccc2c(ccn2Cc2ccc(F)cc2Br)c1. The zero-order valence-electron chi connectivity index (χ0n) is 10.7. The molecule has 0 atom stereocenters. The fourth-order valence-electron chi connectivity index (χ4n) is 2.32. The second-order valence-electron chi connectivity index (χ2n) is 4.73. The summed E-state index contributed by atoms with van der Waals surface area (Å²) in [7, 11) is 0. The van der Waals surface area contributed by atoms with E-state index in [9.17, 15) is 4.39 Å². The van der Waals surface area contributed by atoms with Crippen LogP contribution in [0.3, 0.4) is 0 Å². The predicted octanol–water partition coefficient (Wildman–Crippen LogP) is 4.08. The van der Waals surface area contributed by atoms with Crippen molar-refractivity contribution in [3.8, 4) is 0 Å². The molecule has 0 aliphatic heterocycles. The molecule has 0 fully saturated rings. The van der Waals surface area contributed by atoms with Gasteiger partial charge < -0.3 is 9.67 Å². The van der Waals surface area contributed by atoms with Crippen LogP contribution in [-0.2, 0) is 13.2 Å². The first-order valence-electron chi connectivity index (χ1n) is 6.30. The van der Waals surface area contributed by atoms with Crippen LogP contribution in [0.2, 0.25) is 0 Å². The van der Waals surface area contributed by atoms with Gasteiger partial charge >= 0.3 is 0 Å². The van der Waals surface area contributed by atoms with Crippen molar-refractivity contribution in [3.05, 3.63) is 70.1 Å². The van der Waals surface area contributed by atoms with E-state index in [1.165, 1.54) is 12.1 Å². The fraction of sp³-hybridized carbons (Fsp3) is 0.125. The summed E-state index contributed by atoms with van der Waals surface area (Å²) in [4.78, 5) is 0. The Hall–Kier alpha value is -1.65. The van der Waals surface area contributed by atoms with Crippen LogP contribution in [0, 0.1) is 5.82 Å². The van der Waals surface area contributed by atoms with Gasteiger partial charge in [-0.1, -0.05) is 28.1 Å². The van der Waals surface area contributed by atoms with E-state index in [1.54, 1.807) is 6.07 Å². The third-order valence-corrected chi connectivity index (χ3v) is 4.11. The molecule has 1 aromatic heterocycles. The second-order valence-corrected chi connectivity index (χ2v) is 5.58. The molecule has 20 heavy (non-hydrogen) atoms. The van der Waals surface area contributed by atoms with Gasteiger partial charge in [-0.05, 0) is 46.8 Å². The second kappa shape index (κ2) is 5.38. The van der Waals surface area contributed by atoms with Gasteiger partial charge in [-0.3, -0.25) is 0 Å². The average Bonchev–Trinajstić information content (AvgIpc) is 2.84. The highest BCUT2D eigenvalue weighted by molar-refractivity contribution is 9.10. The Balaban J connectivity index is 1.98. The molecule has 3 aromatic rings. The number of hydrogen-bond donors (Lipinski definition) is 1. The first-order chi connectivity index (χ1) is 9.67. The van der Waals surface area contributed by atoms with Gasteiger partial charge in [0.2, 0.25) is 0 Å². The van der Waals surface area contributed by atoms with Gasteiger partial charge in [-0.25, -0.2) is 4.39 Å². The molecule has 0 unspecified atom stereocenters. The summed E-state index contributed by atoms with van der Waals surface area (Å²) in [5.41, 5.74) is 3.02. The van der Waals surface area contributed by atoms with Crippen molar-refractivity contribution < 1.29 is 9.50 Å². The minimum absolute atomic E-state index is 0.0463. The topological polar surface area (TPSA) is 25.2 Å². The summed E-state index contributed by atoms with van der Waals surface area (Å²) in [6.45, 7) is 0.716. The zero-order chi connectivity index (χ0) is 14.1. The van der Waals surface area contributed by atoms with E-state index < -0.39 is 0 Å². The van der Waals surface area contributed by atoms with Gasteiger partial charge in [0.05, 0.1) is 6.61 Å². The van der Waals surface area contributed by atoms with Crippen molar-refractivity contribution in [2.75, 3.05) is 0 Å². The highest BCUT2D eigenvalue weighted by atomic mass is 79.9. The van der Waals surface area contributed by atoms with Gasteiger partial charge in [-0.2, -0.15) is 0 Å². The smallest absolute Gasteiger partial charge is 0.124 e. The summed E-state index contributed by atoms with van der Waals surface area (Å²) < 4.78 is 16.0. The summed E-state index contributed by atoms with van der Waals surface area (Å²) in [6.07, 6.45) is 2.00. The molecule has 0 saturated carbocycles. The molecule has 3 rings (SSSR count). The number of aliphatic hydroxyl groups excluding tert-OH is 1. The molecule has 0 saturated heterocycles. The highest BCUT2D eigenvalue weighted by Crippen LogP contribution is 2.23. The van der Waals surface area contributed by atoms with Crippen LogP contribution in [0.15, 0.2) is 53.1 Å². The number of benzene rings is 2. The molecule has 4 heteroatoms. The lowest BCUT2D eigenvalue weighted by atomic mass is 10.1. The van der Waals surface area contributed by atoms with Crippen LogP contribution >= 0.6 is 15.9 Å². The van der Waals surface area contributed by atoms with E-state index in [4.69, 9.17) is 5.11 Å². The Bertz CT molecular complexity index is 766. The number of rotatable bonds is 3. The summed E-state index contributed by atoms with van der Waals surface area (Å²) in [5, 5.41) is 10.2. The molecule has 0 spiro atoms. The molecule has 2 nitrogen and oxygen atoms in total. The van der Waals surface area contributed by atoms with E-state index in [-0.39, 0.29) is 12.4 Å². The number of hydrogen-bond acceptors (Lipinski definition) is 1. The third-order valence-electron chi connectivity index (χ3n) is 3.37. The molecule has 0 amide bonds. The van der Waals surface area contributed by atoms with Crippen LogP contribution < -0.4 is 0 Å².